The molecule has 0 fully saturated rings. The Labute approximate surface area is 119 Å². The summed E-state index contributed by atoms with van der Waals surface area (Å²) in [5, 5.41) is 20.0. The topological polar surface area (TPSA) is 84.9 Å². The molecule has 0 bridgehead atoms. The van der Waals surface area contributed by atoms with Gasteiger partial charge in [-0.3, -0.25) is 0 Å². The van der Waals surface area contributed by atoms with E-state index < -0.39 is 12.1 Å². The zero-order chi connectivity index (χ0) is 13.9. The van der Waals surface area contributed by atoms with Gasteiger partial charge in [-0.05, 0) is 5.92 Å². The van der Waals surface area contributed by atoms with Gasteiger partial charge in [0.25, 0.3) is 0 Å². The summed E-state index contributed by atoms with van der Waals surface area (Å²) in [5.74, 6) is 0.808. The van der Waals surface area contributed by atoms with E-state index >= 15 is 0 Å². The van der Waals surface area contributed by atoms with Crippen molar-refractivity contribution in [2.75, 3.05) is 14.2 Å². The number of hydrogen-bond donors (Lipinski definition) is 3. The summed E-state index contributed by atoms with van der Waals surface area (Å²) < 4.78 is 10.2. The highest BCUT2D eigenvalue weighted by Gasteiger charge is 2.26. The van der Waals surface area contributed by atoms with Gasteiger partial charge in [0.2, 0.25) is 0 Å². The van der Waals surface area contributed by atoms with Crippen LogP contribution < -0.4 is 15.2 Å². The lowest BCUT2D eigenvalue weighted by Gasteiger charge is -2.25. The number of phenolic OH excluding ortho intramolecular Hbond substituents is 1. The van der Waals surface area contributed by atoms with Crippen LogP contribution in [0.15, 0.2) is 12.1 Å². The first-order valence-corrected chi connectivity index (χ1v) is 5.80. The maximum absolute atomic E-state index is 10.00. The molecule has 0 unspecified atom stereocenters. The Bertz CT molecular complexity index is 412. The number of ether oxygens (including phenoxy) is 2. The second-order valence-corrected chi connectivity index (χ2v) is 4.52. The molecule has 0 spiro atoms. The van der Waals surface area contributed by atoms with Crippen LogP contribution in [0.4, 0.5) is 0 Å². The van der Waals surface area contributed by atoms with E-state index in [1.165, 1.54) is 20.3 Å². The largest absolute Gasteiger partial charge is 0.507 e. The minimum absolute atomic E-state index is 0. The summed E-state index contributed by atoms with van der Waals surface area (Å²) in [6, 6.07) is 2.36. The second kappa shape index (κ2) is 7.43. The summed E-state index contributed by atoms with van der Waals surface area (Å²) in [6.45, 7) is 3.72. The zero-order valence-corrected chi connectivity index (χ0v) is 12.4. The van der Waals surface area contributed by atoms with E-state index in [-0.39, 0.29) is 24.1 Å². The molecule has 1 aromatic carbocycles. The molecule has 19 heavy (non-hydrogen) atoms. The summed E-state index contributed by atoms with van der Waals surface area (Å²) in [7, 11) is 2.98. The fourth-order valence-corrected chi connectivity index (χ4v) is 1.79. The molecule has 0 aliphatic carbocycles. The number of aliphatic hydroxyl groups is 1. The number of rotatable bonds is 5. The van der Waals surface area contributed by atoms with Crippen LogP contribution in [0.3, 0.4) is 0 Å². The molecule has 0 amide bonds. The van der Waals surface area contributed by atoms with Crippen molar-refractivity contribution in [3.8, 4) is 17.2 Å². The Balaban J connectivity index is 0.00000324. The fraction of sp³-hybridized carbons (Fsp3) is 0.538. The molecule has 0 aliphatic rings. The first kappa shape index (κ1) is 17.8. The number of methoxy groups -OCH3 is 2. The molecular weight excluding hydrogens is 270 g/mol. The molecule has 0 aromatic heterocycles. The van der Waals surface area contributed by atoms with E-state index in [4.69, 9.17) is 15.2 Å². The lowest BCUT2D eigenvalue weighted by atomic mass is 9.93. The van der Waals surface area contributed by atoms with Gasteiger partial charge in [-0.25, -0.2) is 0 Å². The van der Waals surface area contributed by atoms with Gasteiger partial charge in [-0.1, -0.05) is 13.8 Å². The van der Waals surface area contributed by atoms with E-state index in [0.717, 1.165) is 0 Å². The molecule has 0 heterocycles. The number of phenols is 1. The van der Waals surface area contributed by atoms with Gasteiger partial charge in [0.15, 0.2) is 0 Å². The number of aliphatic hydroxyl groups excluding tert-OH is 1. The second-order valence-electron chi connectivity index (χ2n) is 4.52. The molecule has 110 valence electrons. The van der Waals surface area contributed by atoms with E-state index in [1.54, 1.807) is 6.07 Å². The van der Waals surface area contributed by atoms with Crippen molar-refractivity contribution in [1.29, 1.82) is 0 Å². The van der Waals surface area contributed by atoms with E-state index in [1.807, 2.05) is 13.8 Å². The third kappa shape index (κ3) is 3.89. The van der Waals surface area contributed by atoms with Gasteiger partial charge in [0.1, 0.15) is 17.2 Å². The van der Waals surface area contributed by atoms with Gasteiger partial charge in [0.05, 0.1) is 31.9 Å². The number of hydrogen-bond acceptors (Lipinski definition) is 5. The van der Waals surface area contributed by atoms with Crippen LogP contribution in [0.2, 0.25) is 0 Å². The van der Waals surface area contributed by atoms with Gasteiger partial charge in [0, 0.05) is 12.1 Å². The standard InChI is InChI=1S/C13H21NO4.ClH/c1-7(2)13(16)12(14)11-9(15)5-8(17-3)6-10(11)18-4;/h5-7,12-13,15-16H,14H2,1-4H3;1H/t12-,13+;/m0./s1. The Morgan fingerprint density at radius 2 is 1.74 bits per heavy atom. The first-order valence-electron chi connectivity index (χ1n) is 5.80. The van der Waals surface area contributed by atoms with Crippen LogP contribution in [0.5, 0.6) is 17.2 Å². The third-order valence-electron chi connectivity index (χ3n) is 2.93. The van der Waals surface area contributed by atoms with Crippen molar-refractivity contribution >= 4 is 12.4 Å². The smallest absolute Gasteiger partial charge is 0.131 e. The number of benzene rings is 1. The minimum atomic E-state index is -0.766. The van der Waals surface area contributed by atoms with Crippen molar-refractivity contribution in [3.63, 3.8) is 0 Å². The number of nitrogens with two attached hydrogens (primary N) is 1. The van der Waals surface area contributed by atoms with Crippen LogP contribution in [0.1, 0.15) is 25.5 Å². The average Bonchev–Trinajstić information content (AvgIpc) is 2.35. The summed E-state index contributed by atoms with van der Waals surface area (Å²) in [4.78, 5) is 0. The van der Waals surface area contributed by atoms with Gasteiger partial charge < -0.3 is 25.4 Å². The predicted octanol–water partition coefficient (Wildman–Crippen LogP) is 1.85. The van der Waals surface area contributed by atoms with Crippen molar-refractivity contribution < 1.29 is 19.7 Å². The van der Waals surface area contributed by atoms with Crippen LogP contribution in [0.25, 0.3) is 0 Å². The van der Waals surface area contributed by atoms with Crippen LogP contribution in [0, 0.1) is 5.92 Å². The third-order valence-corrected chi connectivity index (χ3v) is 2.93. The van der Waals surface area contributed by atoms with Gasteiger partial charge in [-0.15, -0.1) is 12.4 Å². The van der Waals surface area contributed by atoms with E-state index in [0.29, 0.717) is 17.1 Å². The van der Waals surface area contributed by atoms with Gasteiger partial charge >= 0.3 is 0 Å². The summed E-state index contributed by atoms with van der Waals surface area (Å²) >= 11 is 0. The van der Waals surface area contributed by atoms with Crippen LogP contribution in [-0.4, -0.2) is 30.5 Å². The first-order chi connectivity index (χ1) is 8.42. The molecule has 2 atom stereocenters. The lowest BCUT2D eigenvalue weighted by Crippen LogP contribution is -2.30. The maximum Gasteiger partial charge on any atom is 0.131 e. The Morgan fingerprint density at radius 1 is 1.16 bits per heavy atom. The minimum Gasteiger partial charge on any atom is -0.507 e. The lowest BCUT2D eigenvalue weighted by molar-refractivity contribution is 0.0959. The SMILES string of the molecule is COc1cc(O)c([C@H](N)[C@H](O)C(C)C)c(OC)c1.Cl. The Hall–Kier alpha value is -1.17. The molecule has 4 N–H and O–H groups in total. The van der Waals surface area contributed by atoms with Crippen LogP contribution in [-0.2, 0) is 0 Å². The summed E-state index contributed by atoms with van der Waals surface area (Å²) in [6.07, 6.45) is -0.766. The molecular formula is C13H22ClNO4. The molecule has 1 rings (SSSR count). The highest BCUT2D eigenvalue weighted by Crippen LogP contribution is 2.38. The molecule has 1 aromatic rings. The van der Waals surface area contributed by atoms with Crippen LogP contribution >= 0.6 is 12.4 Å². The van der Waals surface area contributed by atoms with Crippen molar-refractivity contribution in [3.05, 3.63) is 17.7 Å². The molecule has 0 aliphatic heterocycles. The van der Waals surface area contributed by atoms with Crippen molar-refractivity contribution in [2.45, 2.75) is 26.0 Å². The van der Waals surface area contributed by atoms with Crippen molar-refractivity contribution in [2.24, 2.45) is 11.7 Å². The molecule has 5 nitrogen and oxygen atoms in total. The molecule has 0 saturated carbocycles. The zero-order valence-electron chi connectivity index (χ0n) is 11.6. The normalized spacial score (nSPS) is 13.6. The predicted molar refractivity (Wildman–Crippen MR) is 76.2 cm³/mol. The number of aromatic hydroxyl groups is 1. The molecule has 6 heteroatoms. The quantitative estimate of drug-likeness (QED) is 0.771. The molecule has 0 radical (unpaired) electrons. The monoisotopic (exact) mass is 291 g/mol. The van der Waals surface area contributed by atoms with E-state index in [2.05, 4.69) is 0 Å². The fourth-order valence-electron chi connectivity index (χ4n) is 1.79. The van der Waals surface area contributed by atoms with E-state index in [9.17, 15) is 10.2 Å². The highest BCUT2D eigenvalue weighted by atomic mass is 35.5. The Morgan fingerprint density at radius 3 is 2.16 bits per heavy atom. The molecule has 0 saturated heterocycles. The van der Waals surface area contributed by atoms with Gasteiger partial charge in [-0.2, -0.15) is 0 Å². The van der Waals surface area contributed by atoms with Crippen molar-refractivity contribution in [1.82, 2.24) is 0 Å². The maximum atomic E-state index is 10.00. The highest BCUT2D eigenvalue weighted by molar-refractivity contribution is 5.85. The summed E-state index contributed by atoms with van der Waals surface area (Å²) in [5.41, 5.74) is 6.37. The number of halogens is 1. The average molecular weight is 292 g/mol. The Kier molecular flexibility index (Phi) is 6.97.